The average molecular weight is 399 g/mol. The van der Waals surface area contributed by atoms with Gasteiger partial charge in [-0.15, -0.1) is 0 Å². The van der Waals surface area contributed by atoms with E-state index < -0.39 is 0 Å². The molecule has 1 N–H and O–H groups in total. The largest absolute Gasteiger partial charge is 0.456 e. The summed E-state index contributed by atoms with van der Waals surface area (Å²) in [5.74, 6) is -0.366. The first-order valence-corrected chi connectivity index (χ1v) is 8.01. The van der Waals surface area contributed by atoms with Crippen LogP contribution < -0.4 is 5.32 Å². The Labute approximate surface area is 138 Å². The number of rotatable bonds is 5. The fourth-order valence-corrected chi connectivity index (χ4v) is 2.88. The minimum atomic E-state index is -0.318. The number of amides is 1. The average Bonchev–Trinajstić information content (AvgIpc) is 2.92. The van der Waals surface area contributed by atoms with E-state index >= 15 is 0 Å². The molecule has 0 heterocycles. The fourth-order valence-electron chi connectivity index (χ4n) is 2.24. The topological polar surface area (TPSA) is 55.4 Å². The van der Waals surface area contributed by atoms with E-state index in [1.807, 2.05) is 31.2 Å². The summed E-state index contributed by atoms with van der Waals surface area (Å²) in [4.78, 5) is 23.4. The van der Waals surface area contributed by atoms with Gasteiger partial charge in [0.25, 0.3) is 5.91 Å². The molecule has 2 rings (SSSR count). The van der Waals surface area contributed by atoms with Crippen LogP contribution in [0.25, 0.3) is 0 Å². The van der Waals surface area contributed by atoms with Gasteiger partial charge in [0.2, 0.25) is 0 Å². The molecule has 0 unspecified atom stereocenters. The van der Waals surface area contributed by atoms with Crippen molar-refractivity contribution >= 4 is 40.2 Å². The Balaban J connectivity index is 1.76. The van der Waals surface area contributed by atoms with Gasteiger partial charge in [0.1, 0.15) is 0 Å². The second-order valence-corrected chi connectivity index (χ2v) is 6.38. The van der Waals surface area contributed by atoms with E-state index in [1.165, 1.54) is 0 Å². The van der Waals surface area contributed by atoms with Gasteiger partial charge in [0.15, 0.2) is 6.61 Å². The summed E-state index contributed by atoms with van der Waals surface area (Å²) in [6.45, 7) is 1.69. The van der Waals surface area contributed by atoms with Gasteiger partial charge in [-0.3, -0.25) is 9.59 Å². The molecule has 1 aliphatic rings. The molecular weight excluding hydrogens is 381 g/mol. The van der Waals surface area contributed by atoms with E-state index in [0.29, 0.717) is 6.42 Å². The van der Waals surface area contributed by atoms with E-state index in [1.54, 1.807) is 0 Å². The van der Waals surface area contributed by atoms with E-state index in [9.17, 15) is 9.59 Å². The summed E-state index contributed by atoms with van der Waals surface area (Å²) in [7, 11) is 0. The van der Waals surface area contributed by atoms with E-state index in [2.05, 4.69) is 34.0 Å². The number of aryl methyl sites for hydroxylation is 1. The fraction of sp³-hybridized carbons (Fsp3) is 0.375. The molecule has 21 heavy (non-hydrogen) atoms. The van der Waals surface area contributed by atoms with Crippen molar-refractivity contribution in [3.63, 3.8) is 0 Å². The molecule has 0 bridgehead atoms. The number of esters is 1. The van der Waals surface area contributed by atoms with Gasteiger partial charge in [-0.1, -0.05) is 12.2 Å². The predicted molar refractivity (Wildman–Crippen MR) is 90.0 cm³/mol. The lowest BCUT2D eigenvalue weighted by atomic mass is 10.1. The molecule has 0 saturated heterocycles. The predicted octanol–water partition coefficient (Wildman–Crippen LogP) is 3.44. The number of hydrogen-bond acceptors (Lipinski definition) is 3. The third kappa shape index (κ3) is 5.15. The van der Waals surface area contributed by atoms with Crippen molar-refractivity contribution in [1.82, 2.24) is 0 Å². The van der Waals surface area contributed by atoms with Crippen LogP contribution >= 0.6 is 22.6 Å². The standard InChI is InChI=1S/C16H18INO3/c1-11-8-13(17)6-7-14(11)18-15(19)10-21-16(20)9-12-4-2-3-5-12/h2,4,6-8,12H,3,5,9-10H2,1H3,(H,18,19)/t12-/m1/s1. The molecule has 1 aromatic rings. The summed E-state index contributed by atoms with van der Waals surface area (Å²) in [6, 6.07) is 5.75. The Morgan fingerprint density at radius 2 is 2.24 bits per heavy atom. The van der Waals surface area contributed by atoms with Gasteiger partial charge >= 0.3 is 5.97 Å². The second-order valence-electron chi connectivity index (χ2n) is 5.14. The third-order valence-electron chi connectivity index (χ3n) is 3.37. The summed E-state index contributed by atoms with van der Waals surface area (Å²) in [5.41, 5.74) is 1.73. The Hall–Kier alpha value is -1.37. The number of benzene rings is 1. The van der Waals surface area contributed by atoms with Gasteiger partial charge < -0.3 is 10.1 Å². The van der Waals surface area contributed by atoms with Crippen molar-refractivity contribution in [1.29, 1.82) is 0 Å². The Bertz CT molecular complexity index is 569. The highest BCUT2D eigenvalue weighted by Gasteiger charge is 2.16. The van der Waals surface area contributed by atoms with Crippen LogP contribution in [0.4, 0.5) is 5.69 Å². The maximum absolute atomic E-state index is 11.8. The van der Waals surface area contributed by atoms with E-state index in [4.69, 9.17) is 4.74 Å². The lowest BCUT2D eigenvalue weighted by Gasteiger charge is -2.10. The molecule has 0 aromatic heterocycles. The molecule has 5 heteroatoms. The number of ether oxygens (including phenoxy) is 1. The summed E-state index contributed by atoms with van der Waals surface area (Å²) in [6.07, 6.45) is 6.47. The molecule has 1 amide bonds. The van der Waals surface area contributed by atoms with Crippen LogP contribution in [0, 0.1) is 16.4 Å². The first-order chi connectivity index (χ1) is 10.0. The van der Waals surface area contributed by atoms with Crippen molar-refractivity contribution in [3.8, 4) is 0 Å². The summed E-state index contributed by atoms with van der Waals surface area (Å²) >= 11 is 2.22. The van der Waals surface area contributed by atoms with Crippen LogP contribution in [-0.2, 0) is 14.3 Å². The van der Waals surface area contributed by atoms with Crippen molar-refractivity contribution < 1.29 is 14.3 Å². The highest BCUT2D eigenvalue weighted by Crippen LogP contribution is 2.21. The van der Waals surface area contributed by atoms with Crippen molar-refractivity contribution in [2.75, 3.05) is 11.9 Å². The molecule has 112 valence electrons. The van der Waals surface area contributed by atoms with Crippen LogP contribution in [0.5, 0.6) is 0 Å². The number of nitrogens with one attached hydrogen (secondary N) is 1. The molecule has 4 nitrogen and oxygen atoms in total. The van der Waals surface area contributed by atoms with Crippen LogP contribution in [-0.4, -0.2) is 18.5 Å². The Morgan fingerprint density at radius 1 is 1.43 bits per heavy atom. The monoisotopic (exact) mass is 399 g/mol. The van der Waals surface area contributed by atoms with Crippen LogP contribution in [0.2, 0.25) is 0 Å². The van der Waals surface area contributed by atoms with E-state index in [0.717, 1.165) is 27.7 Å². The van der Waals surface area contributed by atoms with Gasteiger partial charge in [-0.2, -0.15) is 0 Å². The van der Waals surface area contributed by atoms with Gasteiger partial charge in [0, 0.05) is 9.26 Å². The minimum Gasteiger partial charge on any atom is -0.456 e. The number of allylic oxidation sites excluding steroid dienone is 2. The molecule has 1 aromatic carbocycles. The number of carbonyl (C=O) groups excluding carboxylic acids is 2. The normalized spacial score (nSPS) is 16.8. The zero-order valence-corrected chi connectivity index (χ0v) is 14.1. The Morgan fingerprint density at radius 3 is 2.90 bits per heavy atom. The quantitative estimate of drug-likeness (QED) is 0.469. The summed E-state index contributed by atoms with van der Waals surface area (Å²) in [5, 5.41) is 2.75. The van der Waals surface area contributed by atoms with Crippen molar-refractivity contribution in [3.05, 3.63) is 39.5 Å². The smallest absolute Gasteiger partial charge is 0.306 e. The molecule has 0 radical (unpaired) electrons. The van der Waals surface area contributed by atoms with Crippen LogP contribution in [0.1, 0.15) is 24.8 Å². The first-order valence-electron chi connectivity index (χ1n) is 6.93. The van der Waals surface area contributed by atoms with Crippen molar-refractivity contribution in [2.24, 2.45) is 5.92 Å². The van der Waals surface area contributed by atoms with Crippen molar-refractivity contribution in [2.45, 2.75) is 26.2 Å². The van der Waals surface area contributed by atoms with E-state index in [-0.39, 0.29) is 24.4 Å². The highest BCUT2D eigenvalue weighted by atomic mass is 127. The molecule has 0 aliphatic heterocycles. The number of hydrogen-bond donors (Lipinski definition) is 1. The first kappa shape index (κ1) is 16.0. The Kier molecular flexibility index (Phi) is 5.78. The van der Waals surface area contributed by atoms with Crippen LogP contribution in [0.15, 0.2) is 30.4 Å². The van der Waals surface area contributed by atoms with Gasteiger partial charge in [-0.05, 0) is 72.0 Å². The SMILES string of the molecule is Cc1cc(I)ccc1NC(=O)COC(=O)C[C@@H]1C=CCC1. The zero-order chi connectivity index (χ0) is 15.2. The lowest BCUT2D eigenvalue weighted by molar-refractivity contribution is -0.147. The number of anilines is 1. The molecule has 1 aliphatic carbocycles. The van der Waals surface area contributed by atoms with Gasteiger partial charge in [0.05, 0.1) is 6.42 Å². The third-order valence-corrected chi connectivity index (χ3v) is 4.04. The molecule has 0 fully saturated rings. The highest BCUT2D eigenvalue weighted by molar-refractivity contribution is 14.1. The molecule has 0 saturated carbocycles. The molecule has 1 atom stereocenters. The maximum Gasteiger partial charge on any atom is 0.306 e. The number of halogens is 1. The molecule has 0 spiro atoms. The molecular formula is C16H18INO3. The van der Waals surface area contributed by atoms with Gasteiger partial charge in [-0.25, -0.2) is 0 Å². The number of carbonyl (C=O) groups is 2. The zero-order valence-electron chi connectivity index (χ0n) is 11.9. The second kappa shape index (κ2) is 7.59. The van der Waals surface area contributed by atoms with Crippen LogP contribution in [0.3, 0.4) is 0 Å². The minimum absolute atomic E-state index is 0.235. The lowest BCUT2D eigenvalue weighted by Crippen LogP contribution is -2.22. The maximum atomic E-state index is 11.8. The summed E-state index contributed by atoms with van der Waals surface area (Å²) < 4.78 is 6.13.